The molecular weight excluding hydrogens is 278 g/mol. The molecule has 0 aromatic heterocycles. The Bertz CT molecular complexity index is 590. The molecule has 0 saturated carbocycles. The lowest BCUT2D eigenvalue weighted by Crippen LogP contribution is -2.29. The van der Waals surface area contributed by atoms with E-state index in [0.717, 1.165) is 12.3 Å². The summed E-state index contributed by atoms with van der Waals surface area (Å²) in [5.74, 6) is -0.143. The smallest absolute Gasteiger partial charge is 0.428 e. The van der Waals surface area contributed by atoms with Crippen LogP contribution in [0.5, 0.6) is 5.75 Å². The Morgan fingerprint density at radius 1 is 1.48 bits per heavy atom. The number of nitro groups is 1. The van der Waals surface area contributed by atoms with Crippen molar-refractivity contribution >= 4 is 18.0 Å². The second-order valence-corrected chi connectivity index (χ2v) is 5.33. The van der Waals surface area contributed by atoms with E-state index in [1.807, 2.05) is 0 Å². The molecule has 0 unspecified atom stereocenters. The maximum Gasteiger partial charge on any atom is 0.428 e. The van der Waals surface area contributed by atoms with Gasteiger partial charge in [0.05, 0.1) is 11.1 Å². The van der Waals surface area contributed by atoms with Gasteiger partial charge in [-0.2, -0.15) is 5.10 Å². The number of rotatable bonds is 3. The summed E-state index contributed by atoms with van der Waals surface area (Å²) in [5, 5.41) is 24.1. The number of carbonyl (C=O) groups is 1. The first-order valence-electron chi connectivity index (χ1n) is 6.10. The standard InChI is InChI=1S/C13H17N3O5/c1-8-5-10(16(19)20)6-9(11(8)17)7-14-15-12(18)21-13(2,3)4/h5-7,17H,1-4H3,(H,15,18)/b14-7+. The van der Waals surface area contributed by atoms with Gasteiger partial charge in [-0.3, -0.25) is 10.1 Å². The van der Waals surface area contributed by atoms with Crippen LogP contribution < -0.4 is 5.43 Å². The van der Waals surface area contributed by atoms with Gasteiger partial charge in [0, 0.05) is 17.7 Å². The van der Waals surface area contributed by atoms with E-state index in [-0.39, 0.29) is 17.0 Å². The summed E-state index contributed by atoms with van der Waals surface area (Å²) in [6.45, 7) is 6.63. The lowest BCUT2D eigenvalue weighted by atomic mass is 10.1. The molecule has 1 rings (SSSR count). The molecule has 8 nitrogen and oxygen atoms in total. The quantitative estimate of drug-likeness (QED) is 0.505. The minimum absolute atomic E-state index is 0.123. The molecule has 0 heterocycles. The van der Waals surface area contributed by atoms with Gasteiger partial charge in [0.1, 0.15) is 11.4 Å². The average molecular weight is 295 g/mol. The topological polar surface area (TPSA) is 114 Å². The number of hydrazone groups is 1. The second-order valence-electron chi connectivity index (χ2n) is 5.33. The van der Waals surface area contributed by atoms with Gasteiger partial charge in [-0.05, 0) is 33.3 Å². The van der Waals surface area contributed by atoms with Crippen molar-refractivity contribution in [2.75, 3.05) is 0 Å². The minimum Gasteiger partial charge on any atom is -0.507 e. The maximum absolute atomic E-state index is 11.4. The molecule has 114 valence electrons. The van der Waals surface area contributed by atoms with Gasteiger partial charge in [0.2, 0.25) is 0 Å². The van der Waals surface area contributed by atoms with Crippen LogP contribution in [0.3, 0.4) is 0 Å². The fraction of sp³-hybridized carbons (Fsp3) is 0.385. The molecule has 0 bridgehead atoms. The molecule has 0 saturated heterocycles. The largest absolute Gasteiger partial charge is 0.507 e. The molecule has 1 aromatic carbocycles. The van der Waals surface area contributed by atoms with E-state index in [1.165, 1.54) is 13.0 Å². The number of ether oxygens (including phenoxy) is 1. The van der Waals surface area contributed by atoms with Gasteiger partial charge in [-0.1, -0.05) is 0 Å². The molecule has 1 amide bonds. The van der Waals surface area contributed by atoms with Crippen molar-refractivity contribution < 1.29 is 19.6 Å². The fourth-order valence-corrected chi connectivity index (χ4v) is 1.45. The molecule has 0 aliphatic carbocycles. The summed E-state index contributed by atoms with van der Waals surface area (Å²) >= 11 is 0. The number of benzene rings is 1. The van der Waals surface area contributed by atoms with Crippen molar-refractivity contribution in [2.24, 2.45) is 5.10 Å². The number of aromatic hydroxyl groups is 1. The third kappa shape index (κ3) is 5.09. The van der Waals surface area contributed by atoms with Gasteiger partial charge < -0.3 is 9.84 Å². The van der Waals surface area contributed by atoms with Crippen LogP contribution >= 0.6 is 0 Å². The number of nitrogens with zero attached hydrogens (tertiary/aromatic N) is 2. The SMILES string of the molecule is Cc1cc([N+](=O)[O-])cc(/C=N/NC(=O)OC(C)(C)C)c1O. The zero-order chi connectivity index (χ0) is 16.2. The Balaban J connectivity index is 2.85. The highest BCUT2D eigenvalue weighted by Gasteiger charge is 2.16. The van der Waals surface area contributed by atoms with E-state index in [0.29, 0.717) is 5.56 Å². The van der Waals surface area contributed by atoms with E-state index in [4.69, 9.17) is 4.74 Å². The first-order valence-corrected chi connectivity index (χ1v) is 6.10. The summed E-state index contributed by atoms with van der Waals surface area (Å²) in [4.78, 5) is 21.5. The van der Waals surface area contributed by atoms with Gasteiger partial charge in [-0.15, -0.1) is 0 Å². The molecule has 0 spiro atoms. The predicted molar refractivity (Wildman–Crippen MR) is 76.5 cm³/mol. The summed E-state index contributed by atoms with van der Waals surface area (Å²) in [6, 6.07) is 2.40. The summed E-state index contributed by atoms with van der Waals surface area (Å²) < 4.78 is 4.96. The molecule has 0 aliphatic heterocycles. The zero-order valence-corrected chi connectivity index (χ0v) is 12.2. The van der Waals surface area contributed by atoms with Crippen LogP contribution in [0.25, 0.3) is 0 Å². The molecule has 0 atom stereocenters. The number of non-ortho nitro benzene ring substituents is 1. The molecule has 0 radical (unpaired) electrons. The third-order valence-electron chi connectivity index (χ3n) is 2.28. The van der Waals surface area contributed by atoms with Crippen molar-refractivity contribution in [3.8, 4) is 5.75 Å². The number of aryl methyl sites for hydroxylation is 1. The molecule has 8 heteroatoms. The monoisotopic (exact) mass is 295 g/mol. The molecule has 0 aliphatic rings. The number of phenolic OH excluding ortho intramolecular Hbond substituents is 1. The van der Waals surface area contributed by atoms with Crippen LogP contribution in [0.15, 0.2) is 17.2 Å². The number of phenols is 1. The number of carbonyl (C=O) groups excluding carboxylic acids is 1. The lowest BCUT2D eigenvalue weighted by molar-refractivity contribution is -0.384. The van der Waals surface area contributed by atoms with Crippen LogP contribution in [-0.2, 0) is 4.74 Å². The fourth-order valence-electron chi connectivity index (χ4n) is 1.45. The van der Waals surface area contributed by atoms with Crippen molar-refractivity contribution in [3.05, 3.63) is 33.4 Å². The molecule has 21 heavy (non-hydrogen) atoms. The molecule has 0 fully saturated rings. The molecular formula is C13H17N3O5. The Morgan fingerprint density at radius 2 is 2.10 bits per heavy atom. The highest BCUT2D eigenvalue weighted by Crippen LogP contribution is 2.26. The van der Waals surface area contributed by atoms with Crippen molar-refractivity contribution in [2.45, 2.75) is 33.3 Å². The van der Waals surface area contributed by atoms with Crippen LogP contribution in [0, 0.1) is 17.0 Å². The van der Waals surface area contributed by atoms with Crippen molar-refractivity contribution in [1.29, 1.82) is 0 Å². The highest BCUT2D eigenvalue weighted by molar-refractivity contribution is 5.86. The van der Waals surface area contributed by atoms with Crippen LogP contribution in [-0.4, -0.2) is 27.9 Å². The number of nitro benzene ring substituents is 1. The highest BCUT2D eigenvalue weighted by atomic mass is 16.6. The van der Waals surface area contributed by atoms with Crippen LogP contribution in [0.4, 0.5) is 10.5 Å². The van der Waals surface area contributed by atoms with Crippen molar-refractivity contribution in [1.82, 2.24) is 5.43 Å². The number of hydrogen-bond acceptors (Lipinski definition) is 6. The Labute approximate surface area is 121 Å². The summed E-state index contributed by atoms with van der Waals surface area (Å²) in [6.07, 6.45) is 0.347. The number of amides is 1. The maximum atomic E-state index is 11.4. The number of hydrogen-bond donors (Lipinski definition) is 2. The van der Waals surface area contributed by atoms with Gasteiger partial charge in [0.15, 0.2) is 0 Å². The molecule has 1 aromatic rings. The van der Waals surface area contributed by atoms with Gasteiger partial charge in [0.25, 0.3) is 5.69 Å². The predicted octanol–water partition coefficient (Wildman–Crippen LogP) is 2.47. The Morgan fingerprint density at radius 3 is 2.62 bits per heavy atom. The Kier molecular flexibility index (Phi) is 4.85. The van der Waals surface area contributed by atoms with Crippen molar-refractivity contribution in [3.63, 3.8) is 0 Å². The third-order valence-corrected chi connectivity index (χ3v) is 2.28. The Hall–Kier alpha value is -2.64. The van der Waals surface area contributed by atoms with Gasteiger partial charge in [-0.25, -0.2) is 10.2 Å². The lowest BCUT2D eigenvalue weighted by Gasteiger charge is -2.18. The average Bonchev–Trinajstić information content (AvgIpc) is 2.31. The normalized spacial score (nSPS) is 11.4. The first-order chi connectivity index (χ1) is 9.60. The van der Waals surface area contributed by atoms with Gasteiger partial charge >= 0.3 is 6.09 Å². The summed E-state index contributed by atoms with van der Waals surface area (Å²) in [5.41, 5.74) is 1.73. The van der Waals surface area contributed by atoms with Crippen LogP contribution in [0.2, 0.25) is 0 Å². The van der Waals surface area contributed by atoms with E-state index in [9.17, 15) is 20.0 Å². The van der Waals surface area contributed by atoms with E-state index in [2.05, 4.69) is 10.5 Å². The van der Waals surface area contributed by atoms with E-state index in [1.54, 1.807) is 20.8 Å². The second kappa shape index (κ2) is 6.21. The number of nitrogens with one attached hydrogen (secondary N) is 1. The first kappa shape index (κ1) is 16.4. The molecule has 2 N–H and O–H groups in total. The minimum atomic E-state index is -0.764. The zero-order valence-electron chi connectivity index (χ0n) is 12.2. The summed E-state index contributed by atoms with van der Waals surface area (Å²) in [7, 11) is 0. The van der Waals surface area contributed by atoms with Crippen LogP contribution in [0.1, 0.15) is 31.9 Å². The van der Waals surface area contributed by atoms with E-state index < -0.39 is 16.6 Å². The van der Waals surface area contributed by atoms with E-state index >= 15 is 0 Å².